The Morgan fingerprint density at radius 3 is 2.35 bits per heavy atom. The van der Waals surface area contributed by atoms with Crippen molar-refractivity contribution in [1.82, 2.24) is 15.3 Å². The fourth-order valence-corrected chi connectivity index (χ4v) is 4.00. The van der Waals surface area contributed by atoms with Crippen molar-refractivity contribution < 1.29 is 23.7 Å². The highest BCUT2D eigenvalue weighted by Gasteiger charge is 2.27. The van der Waals surface area contributed by atoms with E-state index in [1.54, 1.807) is 39.5 Å². The zero-order valence-electron chi connectivity index (χ0n) is 20.0. The van der Waals surface area contributed by atoms with Crippen LogP contribution < -0.4 is 24.3 Å². The zero-order chi connectivity index (χ0) is 24.5. The summed E-state index contributed by atoms with van der Waals surface area (Å²) >= 11 is 5.58. The van der Waals surface area contributed by atoms with Gasteiger partial charge in [0.05, 0.1) is 28.4 Å². The number of nitrogens with one attached hydrogen (secondary N) is 1. The van der Waals surface area contributed by atoms with Gasteiger partial charge < -0.3 is 24.3 Å². The second-order valence-electron chi connectivity index (χ2n) is 7.55. The number of thiocarbonyl (C=S) groups is 1. The lowest BCUT2D eigenvalue weighted by Crippen LogP contribution is -2.49. The minimum atomic E-state index is -0.147. The Morgan fingerprint density at radius 2 is 1.65 bits per heavy atom. The third kappa shape index (κ3) is 6.11. The minimum Gasteiger partial charge on any atom is -0.497 e. The first kappa shape index (κ1) is 25.2. The number of benzene rings is 2. The quantitative estimate of drug-likeness (QED) is 0.429. The smallest absolute Gasteiger partial charge is 0.265 e. The van der Waals surface area contributed by atoms with Gasteiger partial charge in [0.2, 0.25) is 0 Å². The fraction of sp³-hybridized carbons (Fsp3) is 0.360. The Labute approximate surface area is 206 Å². The molecule has 1 aliphatic heterocycles. The van der Waals surface area contributed by atoms with Crippen molar-refractivity contribution >= 4 is 29.3 Å². The number of methoxy groups -OCH3 is 4. The Kier molecular flexibility index (Phi) is 8.98. The number of amides is 1. The highest BCUT2D eigenvalue weighted by molar-refractivity contribution is 7.80. The molecule has 1 heterocycles. The monoisotopic (exact) mass is 485 g/mol. The first-order valence-electron chi connectivity index (χ1n) is 11.0. The summed E-state index contributed by atoms with van der Waals surface area (Å²) in [6, 6.07) is 11.3. The molecule has 0 unspecified atom stereocenters. The van der Waals surface area contributed by atoms with E-state index in [4.69, 9.17) is 31.2 Å². The van der Waals surface area contributed by atoms with Crippen LogP contribution in [0.3, 0.4) is 0 Å². The Balaban J connectivity index is 1.58. The molecule has 1 aliphatic rings. The van der Waals surface area contributed by atoms with E-state index in [0.29, 0.717) is 47.7 Å². The topological polar surface area (TPSA) is 72.5 Å². The number of nitrogens with zero attached hydrogens (tertiary/aromatic N) is 2. The summed E-state index contributed by atoms with van der Waals surface area (Å²) in [5.41, 5.74) is 1.86. The van der Waals surface area contributed by atoms with Crippen LogP contribution in [0.4, 0.5) is 0 Å². The summed E-state index contributed by atoms with van der Waals surface area (Å²) in [6.07, 6.45) is 4.85. The van der Waals surface area contributed by atoms with Gasteiger partial charge in [-0.2, -0.15) is 0 Å². The van der Waals surface area contributed by atoms with Gasteiger partial charge in [0, 0.05) is 31.3 Å². The SMILES string of the molecule is COc1ccc(OC)c(C=CC(=O)N2CCCN2C(=S)NCCc2ccc(OC)c(OC)c2)c1. The molecule has 0 radical (unpaired) electrons. The first-order valence-corrected chi connectivity index (χ1v) is 11.4. The van der Waals surface area contributed by atoms with E-state index in [1.807, 2.05) is 41.4 Å². The van der Waals surface area contributed by atoms with Gasteiger partial charge >= 0.3 is 0 Å². The summed E-state index contributed by atoms with van der Waals surface area (Å²) in [7, 11) is 6.42. The number of hydrogen-bond donors (Lipinski definition) is 1. The molecule has 0 saturated carbocycles. The van der Waals surface area contributed by atoms with Crippen molar-refractivity contribution in [3.63, 3.8) is 0 Å². The normalized spacial score (nSPS) is 13.2. The first-order chi connectivity index (χ1) is 16.5. The predicted molar refractivity (Wildman–Crippen MR) is 135 cm³/mol. The summed E-state index contributed by atoms with van der Waals surface area (Å²) in [5.74, 6) is 2.59. The third-order valence-electron chi connectivity index (χ3n) is 5.50. The van der Waals surface area contributed by atoms with E-state index in [9.17, 15) is 4.79 Å². The van der Waals surface area contributed by atoms with Crippen LogP contribution in [-0.2, 0) is 11.2 Å². The average molecular weight is 486 g/mol. The fourth-order valence-electron chi connectivity index (χ4n) is 3.71. The molecule has 0 aromatic heterocycles. The highest BCUT2D eigenvalue weighted by Crippen LogP contribution is 2.28. The van der Waals surface area contributed by atoms with Gasteiger partial charge in [0.25, 0.3) is 5.91 Å². The van der Waals surface area contributed by atoms with Crippen molar-refractivity contribution in [2.75, 3.05) is 48.1 Å². The van der Waals surface area contributed by atoms with E-state index >= 15 is 0 Å². The van der Waals surface area contributed by atoms with Gasteiger partial charge in [-0.1, -0.05) is 6.07 Å². The maximum Gasteiger partial charge on any atom is 0.265 e. The molecule has 1 fully saturated rings. The Morgan fingerprint density at radius 1 is 0.941 bits per heavy atom. The standard InChI is InChI=1S/C25H31N3O5S/c1-30-20-8-10-21(31-2)19(17-20)7-11-24(29)27-14-5-15-28(27)25(34)26-13-12-18-6-9-22(32-3)23(16-18)33-4/h6-11,16-17H,5,12-15H2,1-4H3,(H,26,34). The van der Waals surface area contributed by atoms with Crippen molar-refractivity contribution in [2.24, 2.45) is 0 Å². The van der Waals surface area contributed by atoms with Gasteiger partial charge in [-0.05, 0) is 67.0 Å². The van der Waals surface area contributed by atoms with Crippen LogP contribution >= 0.6 is 12.2 Å². The van der Waals surface area contributed by atoms with Crippen LogP contribution in [0.5, 0.6) is 23.0 Å². The van der Waals surface area contributed by atoms with Gasteiger partial charge in [-0.15, -0.1) is 0 Å². The van der Waals surface area contributed by atoms with Crippen molar-refractivity contribution in [2.45, 2.75) is 12.8 Å². The minimum absolute atomic E-state index is 0.147. The van der Waals surface area contributed by atoms with Crippen molar-refractivity contribution in [3.05, 3.63) is 53.6 Å². The van der Waals surface area contributed by atoms with Crippen LogP contribution in [0.15, 0.2) is 42.5 Å². The Bertz CT molecular complexity index is 1040. The van der Waals surface area contributed by atoms with Gasteiger partial charge in [0.1, 0.15) is 11.5 Å². The molecular weight excluding hydrogens is 454 g/mol. The van der Waals surface area contributed by atoms with Crippen LogP contribution in [0, 0.1) is 0 Å². The highest BCUT2D eigenvalue weighted by atomic mass is 32.1. The number of carbonyl (C=O) groups excluding carboxylic acids is 1. The van der Waals surface area contributed by atoms with E-state index < -0.39 is 0 Å². The molecule has 9 heteroatoms. The van der Waals surface area contributed by atoms with Crippen LogP contribution in [0.25, 0.3) is 6.08 Å². The van der Waals surface area contributed by atoms with Gasteiger partial charge in [-0.3, -0.25) is 9.80 Å². The van der Waals surface area contributed by atoms with E-state index in [1.165, 1.54) is 6.08 Å². The molecule has 8 nitrogen and oxygen atoms in total. The van der Waals surface area contributed by atoms with E-state index in [2.05, 4.69) is 5.32 Å². The lowest BCUT2D eigenvalue weighted by atomic mass is 10.1. The average Bonchev–Trinajstić information content (AvgIpc) is 3.37. The lowest BCUT2D eigenvalue weighted by Gasteiger charge is -2.29. The Hall–Kier alpha value is -3.46. The van der Waals surface area contributed by atoms with Crippen LogP contribution in [-0.4, -0.2) is 69.1 Å². The summed E-state index contributed by atoms with van der Waals surface area (Å²) in [6.45, 7) is 1.92. The molecule has 1 amide bonds. The maximum atomic E-state index is 12.9. The molecule has 0 atom stereocenters. The second-order valence-corrected chi connectivity index (χ2v) is 7.94. The summed E-state index contributed by atoms with van der Waals surface area (Å²) in [5, 5.41) is 7.27. The predicted octanol–water partition coefficient (Wildman–Crippen LogP) is 3.30. The second kappa shape index (κ2) is 12.1. The number of ether oxygens (including phenoxy) is 4. The van der Waals surface area contributed by atoms with Gasteiger partial charge in [-0.25, -0.2) is 5.01 Å². The third-order valence-corrected chi connectivity index (χ3v) is 5.86. The van der Waals surface area contributed by atoms with Gasteiger partial charge in [0.15, 0.2) is 16.6 Å². The van der Waals surface area contributed by atoms with Crippen LogP contribution in [0.1, 0.15) is 17.5 Å². The zero-order valence-corrected chi connectivity index (χ0v) is 20.8. The number of hydrogen-bond acceptors (Lipinski definition) is 6. The summed E-state index contributed by atoms with van der Waals surface area (Å²) in [4.78, 5) is 12.9. The molecule has 0 aliphatic carbocycles. The van der Waals surface area contributed by atoms with Crippen molar-refractivity contribution in [3.8, 4) is 23.0 Å². The van der Waals surface area contributed by atoms with Crippen molar-refractivity contribution in [1.29, 1.82) is 0 Å². The molecule has 0 spiro atoms. The molecule has 0 bridgehead atoms. The molecule has 34 heavy (non-hydrogen) atoms. The number of carbonyl (C=O) groups is 1. The summed E-state index contributed by atoms with van der Waals surface area (Å²) < 4.78 is 21.3. The molecular formula is C25H31N3O5S. The van der Waals surface area contributed by atoms with E-state index in [0.717, 1.165) is 24.0 Å². The number of rotatable bonds is 9. The molecule has 2 aromatic carbocycles. The lowest BCUT2D eigenvalue weighted by molar-refractivity contribution is -0.133. The number of hydrazine groups is 1. The van der Waals surface area contributed by atoms with E-state index in [-0.39, 0.29) is 5.91 Å². The molecule has 1 N–H and O–H groups in total. The molecule has 3 rings (SSSR count). The molecule has 1 saturated heterocycles. The maximum absolute atomic E-state index is 12.9. The molecule has 2 aromatic rings. The largest absolute Gasteiger partial charge is 0.497 e. The molecule has 182 valence electrons. The van der Waals surface area contributed by atoms with Crippen LogP contribution in [0.2, 0.25) is 0 Å².